The maximum Gasteiger partial charge on any atom is 0.266 e. The summed E-state index contributed by atoms with van der Waals surface area (Å²) < 4.78 is 28.6. The third-order valence-corrected chi connectivity index (χ3v) is 5.99. The number of fused-ring (bicyclic) bond motifs is 1. The second-order valence-corrected chi connectivity index (χ2v) is 8.52. The van der Waals surface area contributed by atoms with Crippen LogP contribution in [0.1, 0.15) is 12.5 Å². The normalized spacial score (nSPS) is 12.0. The van der Waals surface area contributed by atoms with E-state index in [2.05, 4.69) is 10.3 Å². The van der Waals surface area contributed by atoms with Gasteiger partial charge in [0.2, 0.25) is 5.91 Å². The molecule has 0 bridgehead atoms. The molecular weight excluding hydrogens is 432 g/mol. The molecule has 3 aromatic carbocycles. The van der Waals surface area contributed by atoms with Crippen molar-refractivity contribution < 1.29 is 13.6 Å². The van der Waals surface area contributed by atoms with E-state index >= 15 is 0 Å². The van der Waals surface area contributed by atoms with Crippen LogP contribution < -0.4 is 10.9 Å². The number of nitrogens with zero attached hydrogens (tertiary/aromatic N) is 2. The highest BCUT2D eigenvalue weighted by molar-refractivity contribution is 8.00. The van der Waals surface area contributed by atoms with Crippen LogP contribution in [0.25, 0.3) is 16.6 Å². The maximum absolute atomic E-state index is 13.9. The summed E-state index contributed by atoms with van der Waals surface area (Å²) in [5.74, 6) is -2.10. The van der Waals surface area contributed by atoms with Crippen LogP contribution in [0.3, 0.4) is 0 Å². The Morgan fingerprint density at radius 3 is 2.53 bits per heavy atom. The number of anilines is 1. The van der Waals surface area contributed by atoms with E-state index in [0.29, 0.717) is 27.8 Å². The summed E-state index contributed by atoms with van der Waals surface area (Å²) in [5.41, 5.74) is 1.69. The van der Waals surface area contributed by atoms with E-state index in [9.17, 15) is 18.4 Å². The van der Waals surface area contributed by atoms with Crippen molar-refractivity contribution >= 4 is 34.3 Å². The van der Waals surface area contributed by atoms with Gasteiger partial charge in [-0.2, -0.15) is 0 Å². The summed E-state index contributed by atoms with van der Waals surface area (Å²) >= 11 is 1.08. The number of nitrogens with one attached hydrogen (secondary N) is 1. The topological polar surface area (TPSA) is 64.0 Å². The van der Waals surface area contributed by atoms with Gasteiger partial charge in [-0.3, -0.25) is 14.2 Å². The molecule has 1 heterocycles. The number of para-hydroxylation sites is 2. The van der Waals surface area contributed by atoms with Crippen molar-refractivity contribution in [2.24, 2.45) is 0 Å². The fourth-order valence-electron chi connectivity index (χ4n) is 3.25. The molecule has 162 valence electrons. The molecule has 1 amide bonds. The summed E-state index contributed by atoms with van der Waals surface area (Å²) in [6.45, 7) is 3.52. The average molecular weight is 451 g/mol. The standard InChI is InChI=1S/C24H19F2N3O2S/c1-14-7-3-6-10-21(14)29-23(31)17-8-4-5-9-19(17)28-24(29)32-15(2)22(30)27-20-12-11-16(25)13-18(20)26/h3-13,15H,1-2H3,(H,27,30). The van der Waals surface area contributed by atoms with Crippen LogP contribution in [0.5, 0.6) is 0 Å². The number of amides is 1. The Morgan fingerprint density at radius 2 is 1.78 bits per heavy atom. The molecule has 1 unspecified atom stereocenters. The minimum absolute atomic E-state index is 0.119. The molecule has 0 saturated carbocycles. The first kappa shape index (κ1) is 21.7. The predicted octanol–water partition coefficient (Wildman–Crippen LogP) is 5.09. The zero-order valence-corrected chi connectivity index (χ0v) is 18.1. The highest BCUT2D eigenvalue weighted by Gasteiger charge is 2.21. The molecule has 0 radical (unpaired) electrons. The van der Waals surface area contributed by atoms with E-state index in [4.69, 9.17) is 0 Å². The lowest BCUT2D eigenvalue weighted by Crippen LogP contribution is -2.26. The number of carbonyl (C=O) groups excluding carboxylic acids is 1. The Hall–Kier alpha value is -3.52. The third kappa shape index (κ3) is 4.27. The molecule has 0 aliphatic rings. The number of hydrogen-bond acceptors (Lipinski definition) is 4. The van der Waals surface area contributed by atoms with Crippen LogP contribution in [-0.2, 0) is 4.79 Å². The molecule has 1 atom stereocenters. The zero-order chi connectivity index (χ0) is 22.8. The Balaban J connectivity index is 1.73. The van der Waals surface area contributed by atoms with Crippen molar-refractivity contribution in [2.45, 2.75) is 24.3 Å². The van der Waals surface area contributed by atoms with Gasteiger partial charge in [0.05, 0.1) is 27.5 Å². The molecule has 4 aromatic rings. The number of rotatable bonds is 5. The third-order valence-electron chi connectivity index (χ3n) is 4.94. The first-order chi connectivity index (χ1) is 15.3. The van der Waals surface area contributed by atoms with Gasteiger partial charge in [-0.15, -0.1) is 0 Å². The van der Waals surface area contributed by atoms with E-state index in [1.807, 2.05) is 31.2 Å². The monoisotopic (exact) mass is 451 g/mol. The molecule has 5 nitrogen and oxygen atoms in total. The van der Waals surface area contributed by atoms with Gasteiger partial charge in [-0.25, -0.2) is 13.8 Å². The number of aromatic nitrogens is 2. The van der Waals surface area contributed by atoms with Gasteiger partial charge in [0, 0.05) is 6.07 Å². The Kier molecular flexibility index (Phi) is 6.05. The molecule has 0 spiro atoms. The number of aryl methyl sites for hydroxylation is 1. The van der Waals surface area contributed by atoms with Crippen LogP contribution in [0.15, 0.2) is 76.7 Å². The van der Waals surface area contributed by atoms with E-state index < -0.39 is 22.8 Å². The van der Waals surface area contributed by atoms with Gasteiger partial charge in [0.25, 0.3) is 5.56 Å². The number of halogens is 2. The Bertz CT molecular complexity index is 1390. The molecule has 0 saturated heterocycles. The van der Waals surface area contributed by atoms with Gasteiger partial charge in [-0.05, 0) is 49.7 Å². The lowest BCUT2D eigenvalue weighted by molar-refractivity contribution is -0.115. The number of benzene rings is 3. The van der Waals surface area contributed by atoms with Crippen molar-refractivity contribution in [3.05, 3.63) is 94.3 Å². The summed E-state index contributed by atoms with van der Waals surface area (Å²) in [5, 5.41) is 2.55. The van der Waals surface area contributed by atoms with Crippen LogP contribution in [0.2, 0.25) is 0 Å². The molecule has 32 heavy (non-hydrogen) atoms. The smallest absolute Gasteiger partial charge is 0.266 e. The first-order valence-electron chi connectivity index (χ1n) is 9.85. The van der Waals surface area contributed by atoms with Gasteiger partial charge in [-0.1, -0.05) is 42.1 Å². The maximum atomic E-state index is 13.9. The molecule has 8 heteroatoms. The average Bonchev–Trinajstić information content (AvgIpc) is 2.77. The van der Waals surface area contributed by atoms with Gasteiger partial charge in [0.1, 0.15) is 11.6 Å². The summed E-state index contributed by atoms with van der Waals surface area (Å²) in [6, 6.07) is 17.3. The minimum atomic E-state index is -0.865. The predicted molar refractivity (Wildman–Crippen MR) is 122 cm³/mol. The second kappa shape index (κ2) is 8.92. The summed E-state index contributed by atoms with van der Waals surface area (Å²) in [7, 11) is 0. The van der Waals surface area contributed by atoms with Crippen molar-refractivity contribution in [1.82, 2.24) is 9.55 Å². The lowest BCUT2D eigenvalue weighted by atomic mass is 10.2. The van der Waals surface area contributed by atoms with Crippen molar-refractivity contribution in [1.29, 1.82) is 0 Å². The van der Waals surface area contributed by atoms with Crippen molar-refractivity contribution in [3.8, 4) is 5.69 Å². The van der Waals surface area contributed by atoms with Crippen molar-refractivity contribution in [3.63, 3.8) is 0 Å². The molecule has 0 aliphatic carbocycles. The van der Waals surface area contributed by atoms with Crippen molar-refractivity contribution in [2.75, 3.05) is 5.32 Å². The first-order valence-corrected chi connectivity index (χ1v) is 10.7. The lowest BCUT2D eigenvalue weighted by Gasteiger charge is -2.17. The largest absolute Gasteiger partial charge is 0.323 e. The Labute approximate surface area is 187 Å². The fraction of sp³-hybridized carbons (Fsp3) is 0.125. The van der Waals surface area contributed by atoms with E-state index in [1.165, 1.54) is 4.57 Å². The number of hydrogen-bond donors (Lipinski definition) is 1. The quantitative estimate of drug-likeness (QED) is 0.339. The van der Waals surface area contributed by atoms with E-state index in [0.717, 1.165) is 29.5 Å². The van der Waals surface area contributed by atoms with E-state index in [-0.39, 0.29) is 11.2 Å². The molecule has 0 fully saturated rings. The fourth-order valence-corrected chi connectivity index (χ4v) is 4.17. The Morgan fingerprint density at radius 1 is 1.06 bits per heavy atom. The molecule has 0 aliphatic heterocycles. The van der Waals surface area contributed by atoms with Gasteiger partial charge >= 0.3 is 0 Å². The highest BCUT2D eigenvalue weighted by Crippen LogP contribution is 2.27. The molecule has 1 aromatic heterocycles. The summed E-state index contributed by atoms with van der Waals surface area (Å²) in [4.78, 5) is 30.7. The molecule has 4 rings (SSSR count). The zero-order valence-electron chi connectivity index (χ0n) is 17.3. The minimum Gasteiger partial charge on any atom is -0.323 e. The number of carbonyl (C=O) groups is 1. The van der Waals surface area contributed by atoms with E-state index in [1.54, 1.807) is 31.2 Å². The SMILES string of the molecule is Cc1ccccc1-n1c(SC(C)C(=O)Nc2ccc(F)cc2F)nc2ccccc2c1=O. The van der Waals surface area contributed by atoms with Crippen LogP contribution >= 0.6 is 11.8 Å². The number of thioether (sulfide) groups is 1. The molecular formula is C24H19F2N3O2S. The highest BCUT2D eigenvalue weighted by atomic mass is 32.2. The second-order valence-electron chi connectivity index (χ2n) is 7.21. The van der Waals surface area contributed by atoms with Gasteiger partial charge < -0.3 is 5.32 Å². The van der Waals surface area contributed by atoms with Crippen LogP contribution in [0.4, 0.5) is 14.5 Å². The molecule has 1 N–H and O–H groups in total. The van der Waals surface area contributed by atoms with Crippen LogP contribution in [0, 0.1) is 18.6 Å². The van der Waals surface area contributed by atoms with Gasteiger partial charge in [0.15, 0.2) is 5.16 Å². The van der Waals surface area contributed by atoms with Crippen LogP contribution in [-0.4, -0.2) is 20.7 Å². The summed E-state index contributed by atoms with van der Waals surface area (Å²) in [6.07, 6.45) is 0.